The normalized spacial score (nSPS) is 23.5. The molecule has 0 aromatic heterocycles. The van der Waals surface area contributed by atoms with Gasteiger partial charge in [0, 0.05) is 0 Å². The van der Waals surface area contributed by atoms with Crippen molar-refractivity contribution in [3.63, 3.8) is 0 Å². The van der Waals surface area contributed by atoms with Crippen LogP contribution in [-0.4, -0.2) is 25.4 Å². The van der Waals surface area contributed by atoms with Crippen molar-refractivity contribution in [2.24, 2.45) is 0 Å². The lowest BCUT2D eigenvalue weighted by Crippen LogP contribution is -2.26. The number of hydrogen-bond acceptors (Lipinski definition) is 2. The van der Waals surface area contributed by atoms with E-state index in [1.165, 1.54) is 0 Å². The predicted molar refractivity (Wildman–Crippen MR) is 95.1 cm³/mol. The summed E-state index contributed by atoms with van der Waals surface area (Å²) >= 11 is 0. The molecular weight excluding hydrogens is 272 g/mol. The molecule has 1 aliphatic rings. The van der Waals surface area contributed by atoms with Crippen LogP contribution >= 0.6 is 0 Å². The fraction of sp³-hybridized carbons (Fsp3) is 0.600. The van der Waals surface area contributed by atoms with Crippen LogP contribution in [0.1, 0.15) is 52.4 Å². The molecule has 1 rings (SSSR count). The molecule has 0 N–H and O–H groups in total. The van der Waals surface area contributed by atoms with Gasteiger partial charge in [0.1, 0.15) is 0 Å². The third-order valence-electron chi connectivity index (χ3n) is 3.72. The van der Waals surface area contributed by atoms with Crippen molar-refractivity contribution >= 4 is 0 Å². The number of hydrogen-bond donors (Lipinski definition) is 0. The molecule has 0 saturated heterocycles. The molecule has 0 aromatic rings. The van der Waals surface area contributed by atoms with Crippen molar-refractivity contribution in [1.29, 1.82) is 0 Å². The molecule has 0 amide bonds. The van der Waals surface area contributed by atoms with Gasteiger partial charge >= 0.3 is 0 Å². The first-order valence-corrected chi connectivity index (χ1v) is 8.73. The fourth-order valence-electron chi connectivity index (χ4n) is 2.45. The third-order valence-corrected chi connectivity index (χ3v) is 3.72. The van der Waals surface area contributed by atoms with Gasteiger partial charge in [0.2, 0.25) is 0 Å². The largest absolute Gasteiger partial charge is 0.374 e. The molecule has 22 heavy (non-hydrogen) atoms. The summed E-state index contributed by atoms with van der Waals surface area (Å²) in [4.78, 5) is 0. The van der Waals surface area contributed by atoms with Gasteiger partial charge in [0.15, 0.2) is 0 Å². The molecule has 0 aromatic carbocycles. The van der Waals surface area contributed by atoms with Gasteiger partial charge in [-0.15, -0.1) is 0 Å². The van der Waals surface area contributed by atoms with Crippen LogP contribution in [0.15, 0.2) is 48.6 Å². The highest BCUT2D eigenvalue weighted by Crippen LogP contribution is 2.23. The SMILES string of the molecule is CCC=CC=CCO[C@H]1CC[C@H](OCC=CC=CCC)CC1. The lowest BCUT2D eigenvalue weighted by molar-refractivity contribution is -0.0163. The lowest BCUT2D eigenvalue weighted by atomic mass is 9.95. The standard InChI is InChI=1S/C20H32O2/c1-3-5-7-9-11-17-21-19-13-15-20(16-14-19)22-18-12-10-8-6-4-2/h5-12,19-20H,3-4,13-18H2,1-2H3/t19-,20-. The van der Waals surface area contributed by atoms with Crippen LogP contribution < -0.4 is 0 Å². The van der Waals surface area contributed by atoms with E-state index in [9.17, 15) is 0 Å². The average Bonchev–Trinajstić information content (AvgIpc) is 2.55. The van der Waals surface area contributed by atoms with E-state index in [4.69, 9.17) is 9.47 Å². The molecule has 0 spiro atoms. The van der Waals surface area contributed by atoms with E-state index in [-0.39, 0.29) is 0 Å². The Balaban J connectivity index is 2.05. The summed E-state index contributed by atoms with van der Waals surface area (Å²) in [5.41, 5.74) is 0. The third kappa shape index (κ3) is 9.75. The van der Waals surface area contributed by atoms with E-state index in [2.05, 4.69) is 62.5 Å². The smallest absolute Gasteiger partial charge is 0.0654 e. The van der Waals surface area contributed by atoms with E-state index in [1.807, 2.05) is 0 Å². The first kappa shape index (κ1) is 18.9. The van der Waals surface area contributed by atoms with Crippen molar-refractivity contribution < 1.29 is 9.47 Å². The lowest BCUT2D eigenvalue weighted by Gasteiger charge is -2.28. The maximum absolute atomic E-state index is 5.88. The van der Waals surface area contributed by atoms with Gasteiger partial charge < -0.3 is 9.47 Å². The van der Waals surface area contributed by atoms with Gasteiger partial charge in [-0.05, 0) is 38.5 Å². The van der Waals surface area contributed by atoms with E-state index in [1.54, 1.807) is 0 Å². The van der Waals surface area contributed by atoms with Crippen LogP contribution in [0.25, 0.3) is 0 Å². The molecular formula is C20H32O2. The van der Waals surface area contributed by atoms with Gasteiger partial charge in [-0.25, -0.2) is 0 Å². The molecule has 2 nitrogen and oxygen atoms in total. The Bertz CT molecular complexity index is 322. The van der Waals surface area contributed by atoms with Crippen LogP contribution in [0.4, 0.5) is 0 Å². The minimum Gasteiger partial charge on any atom is -0.374 e. The van der Waals surface area contributed by atoms with Gasteiger partial charge in [-0.2, -0.15) is 0 Å². The Morgan fingerprint density at radius 3 is 1.36 bits per heavy atom. The second-order valence-corrected chi connectivity index (χ2v) is 5.59. The van der Waals surface area contributed by atoms with Gasteiger partial charge in [0.25, 0.3) is 0 Å². The Kier molecular flexibility index (Phi) is 11.6. The molecule has 1 fully saturated rings. The molecule has 1 saturated carbocycles. The highest BCUT2D eigenvalue weighted by atomic mass is 16.5. The van der Waals surface area contributed by atoms with E-state index in [0.29, 0.717) is 12.2 Å². The quantitative estimate of drug-likeness (QED) is 0.505. The summed E-state index contributed by atoms with van der Waals surface area (Å²) in [6.45, 7) is 5.71. The van der Waals surface area contributed by atoms with Crippen molar-refractivity contribution in [3.05, 3.63) is 48.6 Å². The van der Waals surface area contributed by atoms with Crippen LogP contribution in [0.5, 0.6) is 0 Å². The van der Waals surface area contributed by atoms with E-state index in [0.717, 1.165) is 51.7 Å². The summed E-state index contributed by atoms with van der Waals surface area (Å²) in [6.07, 6.45) is 24.2. The molecule has 0 heterocycles. The maximum Gasteiger partial charge on any atom is 0.0654 e. The summed E-state index contributed by atoms with van der Waals surface area (Å²) in [5, 5.41) is 0. The minimum atomic E-state index is 0.405. The second kappa shape index (κ2) is 13.5. The molecule has 124 valence electrons. The predicted octanol–water partition coefficient (Wildman–Crippen LogP) is 5.38. The van der Waals surface area contributed by atoms with Crippen molar-refractivity contribution in [1.82, 2.24) is 0 Å². The molecule has 2 heteroatoms. The Morgan fingerprint density at radius 2 is 1.00 bits per heavy atom. The minimum absolute atomic E-state index is 0.405. The van der Waals surface area contributed by atoms with Gasteiger partial charge in [-0.1, -0.05) is 62.5 Å². The van der Waals surface area contributed by atoms with Crippen LogP contribution in [0.2, 0.25) is 0 Å². The molecule has 0 aliphatic heterocycles. The fourth-order valence-corrected chi connectivity index (χ4v) is 2.45. The number of rotatable bonds is 10. The summed E-state index contributed by atoms with van der Waals surface area (Å²) in [7, 11) is 0. The summed E-state index contributed by atoms with van der Waals surface area (Å²) in [6, 6.07) is 0. The Labute approximate surface area is 136 Å². The molecule has 0 radical (unpaired) electrons. The number of ether oxygens (including phenoxy) is 2. The highest BCUT2D eigenvalue weighted by molar-refractivity contribution is 5.02. The van der Waals surface area contributed by atoms with Gasteiger partial charge in [0.05, 0.1) is 25.4 Å². The van der Waals surface area contributed by atoms with Crippen molar-refractivity contribution in [3.8, 4) is 0 Å². The average molecular weight is 304 g/mol. The highest BCUT2D eigenvalue weighted by Gasteiger charge is 2.21. The van der Waals surface area contributed by atoms with Crippen molar-refractivity contribution in [2.45, 2.75) is 64.6 Å². The summed E-state index contributed by atoms with van der Waals surface area (Å²) < 4.78 is 11.8. The second-order valence-electron chi connectivity index (χ2n) is 5.59. The topological polar surface area (TPSA) is 18.5 Å². The zero-order valence-corrected chi connectivity index (χ0v) is 14.2. The van der Waals surface area contributed by atoms with Crippen LogP contribution in [0, 0.1) is 0 Å². The monoisotopic (exact) mass is 304 g/mol. The molecule has 1 aliphatic carbocycles. The Hall–Kier alpha value is -1.12. The first-order chi connectivity index (χ1) is 10.9. The Morgan fingerprint density at radius 1 is 0.636 bits per heavy atom. The molecule has 0 unspecified atom stereocenters. The van der Waals surface area contributed by atoms with Gasteiger partial charge in [-0.3, -0.25) is 0 Å². The van der Waals surface area contributed by atoms with E-state index < -0.39 is 0 Å². The maximum atomic E-state index is 5.88. The molecule has 0 bridgehead atoms. The van der Waals surface area contributed by atoms with Crippen molar-refractivity contribution in [2.75, 3.05) is 13.2 Å². The van der Waals surface area contributed by atoms with Crippen LogP contribution in [-0.2, 0) is 9.47 Å². The summed E-state index contributed by atoms with van der Waals surface area (Å²) in [5.74, 6) is 0. The number of allylic oxidation sites excluding steroid dienone is 6. The van der Waals surface area contributed by atoms with Crippen LogP contribution in [0.3, 0.4) is 0 Å². The van der Waals surface area contributed by atoms with E-state index >= 15 is 0 Å². The first-order valence-electron chi connectivity index (χ1n) is 8.73. The molecule has 0 atom stereocenters. The zero-order chi connectivity index (χ0) is 15.9. The zero-order valence-electron chi connectivity index (χ0n) is 14.2.